The summed E-state index contributed by atoms with van der Waals surface area (Å²) in [6, 6.07) is 1.84. The summed E-state index contributed by atoms with van der Waals surface area (Å²) in [6.45, 7) is 1.55. The van der Waals surface area contributed by atoms with E-state index >= 15 is 0 Å². The average molecular weight is 463 g/mol. The van der Waals surface area contributed by atoms with E-state index in [0.717, 1.165) is 18.4 Å². The molecule has 2 aromatic rings. The van der Waals surface area contributed by atoms with E-state index in [0.29, 0.717) is 23.8 Å². The number of methoxy groups -OCH3 is 1. The zero-order valence-electron chi connectivity index (χ0n) is 16.2. The van der Waals surface area contributed by atoms with Crippen LogP contribution in [0, 0.1) is 12.7 Å². The number of hydrogen-bond acceptors (Lipinski definition) is 5. The summed E-state index contributed by atoms with van der Waals surface area (Å²) in [5.41, 5.74) is -1.17. The van der Waals surface area contributed by atoms with E-state index in [-0.39, 0.29) is 26.5 Å². The van der Waals surface area contributed by atoms with Gasteiger partial charge in [-0.05, 0) is 42.9 Å². The summed E-state index contributed by atoms with van der Waals surface area (Å²) in [7, 11) is 4.23. The number of halogens is 4. The minimum atomic E-state index is -4.66. The zero-order valence-corrected chi connectivity index (χ0v) is 17.9. The molecule has 12 heteroatoms. The van der Waals surface area contributed by atoms with Gasteiger partial charge in [0, 0.05) is 14.1 Å². The number of rotatable bonds is 4. The van der Waals surface area contributed by atoms with Gasteiger partial charge in [0.1, 0.15) is 10.8 Å². The third kappa shape index (κ3) is 5.05. The number of nitrogens with one attached hydrogen (secondary N) is 2. The highest BCUT2D eigenvalue weighted by molar-refractivity contribution is 7.80. The molecule has 1 amide bonds. The summed E-state index contributed by atoms with van der Waals surface area (Å²) in [5, 5.41) is 4.83. The Morgan fingerprint density at radius 1 is 1.20 bits per heavy atom. The van der Waals surface area contributed by atoms with E-state index in [1.54, 1.807) is 6.92 Å². The van der Waals surface area contributed by atoms with Crippen molar-refractivity contribution in [2.45, 2.75) is 13.1 Å². The van der Waals surface area contributed by atoms with Crippen molar-refractivity contribution in [3.63, 3.8) is 0 Å². The van der Waals surface area contributed by atoms with Crippen LogP contribution in [0.1, 0.15) is 31.2 Å². The summed E-state index contributed by atoms with van der Waals surface area (Å²) < 4.78 is 57.3. The van der Waals surface area contributed by atoms with Gasteiger partial charge in [0.05, 0.1) is 28.8 Å². The number of benzene rings is 1. The Kier molecular flexibility index (Phi) is 7.03. The minimum Gasteiger partial charge on any atom is -0.465 e. The number of esters is 1. The molecule has 0 atom stereocenters. The number of anilines is 2. The van der Waals surface area contributed by atoms with Crippen LogP contribution in [0.2, 0.25) is 0 Å². The molecule has 2 N–H and O–H groups in total. The summed E-state index contributed by atoms with van der Waals surface area (Å²) in [6.07, 6.45) is -4.66. The van der Waals surface area contributed by atoms with Crippen molar-refractivity contribution in [2.75, 3.05) is 31.8 Å². The van der Waals surface area contributed by atoms with Crippen molar-refractivity contribution in [1.82, 2.24) is 4.90 Å². The average Bonchev–Trinajstić information content (AvgIpc) is 2.96. The Morgan fingerprint density at radius 3 is 2.37 bits per heavy atom. The molecule has 0 aliphatic carbocycles. The molecule has 0 aliphatic heterocycles. The Balaban J connectivity index is 2.36. The number of thiophene rings is 1. The lowest BCUT2D eigenvalue weighted by molar-refractivity contribution is -0.137. The number of amides is 1. The smallest absolute Gasteiger partial charge is 0.416 e. The molecule has 0 saturated carbocycles. The van der Waals surface area contributed by atoms with Crippen LogP contribution in [-0.4, -0.2) is 43.1 Å². The van der Waals surface area contributed by atoms with Crippen molar-refractivity contribution in [3.8, 4) is 0 Å². The summed E-state index contributed by atoms with van der Waals surface area (Å²) in [5.74, 6) is -2.05. The SMILES string of the molecule is COC(=O)c1c(NC(=S)Nc2cc(C(F)(F)F)ccc2F)sc(C(=O)N(C)C)c1C. The van der Waals surface area contributed by atoms with Crippen LogP contribution in [0.5, 0.6) is 0 Å². The first-order valence-corrected chi connectivity index (χ1v) is 9.47. The van der Waals surface area contributed by atoms with Gasteiger partial charge in [-0.15, -0.1) is 11.3 Å². The standard InChI is InChI=1S/C18H17F4N3O3S2/c1-8-12(16(27)28-4)14(30-13(8)15(26)25(2)3)24-17(29)23-11-7-9(18(20,21)22)5-6-10(11)19/h5-7H,1-4H3,(H2,23,24,29). The maximum Gasteiger partial charge on any atom is 0.416 e. The van der Waals surface area contributed by atoms with Crippen molar-refractivity contribution >= 4 is 51.2 Å². The molecule has 0 aliphatic rings. The lowest BCUT2D eigenvalue weighted by Gasteiger charge is -2.13. The van der Waals surface area contributed by atoms with Gasteiger partial charge in [-0.25, -0.2) is 9.18 Å². The van der Waals surface area contributed by atoms with Crippen LogP contribution < -0.4 is 10.6 Å². The number of carbonyl (C=O) groups excluding carboxylic acids is 2. The topological polar surface area (TPSA) is 70.7 Å². The first kappa shape index (κ1) is 23.5. The quantitative estimate of drug-likeness (QED) is 0.395. The Hall–Kier alpha value is -2.73. The van der Waals surface area contributed by atoms with E-state index in [4.69, 9.17) is 17.0 Å². The molecule has 162 valence electrons. The Bertz CT molecular complexity index is 1000. The lowest BCUT2D eigenvalue weighted by atomic mass is 10.1. The number of nitrogens with zero attached hydrogens (tertiary/aromatic N) is 1. The highest BCUT2D eigenvalue weighted by Crippen LogP contribution is 2.35. The largest absolute Gasteiger partial charge is 0.465 e. The van der Waals surface area contributed by atoms with E-state index < -0.39 is 29.2 Å². The fourth-order valence-electron chi connectivity index (χ4n) is 2.41. The maximum atomic E-state index is 13.9. The summed E-state index contributed by atoms with van der Waals surface area (Å²) >= 11 is 5.97. The van der Waals surface area contributed by atoms with E-state index in [1.807, 2.05) is 0 Å². The minimum absolute atomic E-state index is 0.0429. The second kappa shape index (κ2) is 8.96. The van der Waals surface area contributed by atoms with Crippen molar-refractivity contribution < 1.29 is 31.9 Å². The normalized spacial score (nSPS) is 11.1. The zero-order chi connectivity index (χ0) is 22.8. The molecule has 6 nitrogen and oxygen atoms in total. The van der Waals surface area contributed by atoms with Gasteiger partial charge < -0.3 is 20.3 Å². The van der Waals surface area contributed by atoms with Crippen LogP contribution in [-0.2, 0) is 10.9 Å². The number of hydrogen-bond donors (Lipinski definition) is 2. The maximum absolute atomic E-state index is 13.9. The number of alkyl halides is 3. The van der Waals surface area contributed by atoms with Crippen LogP contribution in [0.15, 0.2) is 18.2 Å². The monoisotopic (exact) mass is 463 g/mol. The predicted molar refractivity (Wildman–Crippen MR) is 110 cm³/mol. The van der Waals surface area contributed by atoms with Gasteiger partial charge in [-0.1, -0.05) is 0 Å². The fraction of sp³-hybridized carbons (Fsp3) is 0.278. The third-order valence-electron chi connectivity index (χ3n) is 3.91. The van der Waals surface area contributed by atoms with Crippen LogP contribution >= 0.6 is 23.6 Å². The van der Waals surface area contributed by atoms with Crippen LogP contribution in [0.25, 0.3) is 0 Å². The number of carbonyl (C=O) groups is 2. The first-order chi connectivity index (χ1) is 13.9. The highest BCUT2D eigenvalue weighted by Gasteiger charge is 2.31. The second-order valence-corrected chi connectivity index (χ2v) is 7.65. The van der Waals surface area contributed by atoms with Gasteiger partial charge in [-0.3, -0.25) is 4.79 Å². The van der Waals surface area contributed by atoms with Gasteiger partial charge in [0.2, 0.25) is 0 Å². The Morgan fingerprint density at radius 2 is 1.83 bits per heavy atom. The third-order valence-corrected chi connectivity index (χ3v) is 5.31. The van der Waals surface area contributed by atoms with E-state index in [9.17, 15) is 27.2 Å². The molecule has 0 radical (unpaired) electrons. The predicted octanol–water partition coefficient (Wildman–Crippen LogP) is 4.51. The number of thiocarbonyl (C=S) groups is 1. The first-order valence-electron chi connectivity index (χ1n) is 8.24. The van der Waals surface area contributed by atoms with Gasteiger partial charge in [0.15, 0.2) is 5.11 Å². The van der Waals surface area contributed by atoms with E-state index in [2.05, 4.69) is 10.6 Å². The number of ether oxygens (including phenoxy) is 1. The van der Waals surface area contributed by atoms with Crippen LogP contribution in [0.3, 0.4) is 0 Å². The van der Waals surface area contributed by atoms with Crippen molar-refractivity contribution in [3.05, 3.63) is 45.6 Å². The highest BCUT2D eigenvalue weighted by atomic mass is 32.1. The molecule has 0 saturated heterocycles. The van der Waals surface area contributed by atoms with Gasteiger partial charge >= 0.3 is 12.1 Å². The Labute approximate surface area is 178 Å². The molecule has 0 bridgehead atoms. The lowest BCUT2D eigenvalue weighted by Crippen LogP contribution is -2.21. The molecule has 0 spiro atoms. The second-order valence-electron chi connectivity index (χ2n) is 6.22. The fourth-order valence-corrected chi connectivity index (χ4v) is 3.91. The molecular weight excluding hydrogens is 446 g/mol. The van der Waals surface area contributed by atoms with Crippen molar-refractivity contribution in [1.29, 1.82) is 0 Å². The molecule has 1 aromatic carbocycles. The molecule has 1 heterocycles. The summed E-state index contributed by atoms with van der Waals surface area (Å²) in [4.78, 5) is 26.1. The van der Waals surface area contributed by atoms with Gasteiger partial charge in [0.25, 0.3) is 5.91 Å². The molecule has 2 rings (SSSR count). The van der Waals surface area contributed by atoms with Gasteiger partial charge in [-0.2, -0.15) is 13.2 Å². The molecule has 1 aromatic heterocycles. The molecule has 0 fully saturated rings. The molecule has 0 unspecified atom stereocenters. The van der Waals surface area contributed by atoms with Crippen LogP contribution in [0.4, 0.5) is 28.3 Å². The van der Waals surface area contributed by atoms with E-state index in [1.165, 1.54) is 19.0 Å². The molecule has 30 heavy (non-hydrogen) atoms. The molecular formula is C18H17F4N3O3S2. The van der Waals surface area contributed by atoms with Crippen molar-refractivity contribution in [2.24, 2.45) is 0 Å².